The molecule has 2 N–H and O–H groups in total. The first-order chi connectivity index (χ1) is 7.47. The van der Waals surface area contributed by atoms with Crippen molar-refractivity contribution in [2.24, 2.45) is 0 Å². The van der Waals surface area contributed by atoms with Gasteiger partial charge in [0.25, 0.3) is 0 Å². The van der Waals surface area contributed by atoms with Crippen molar-refractivity contribution < 1.29 is 23.4 Å². The highest BCUT2D eigenvalue weighted by atomic mass is 32.2. The number of aliphatic hydroxyl groups is 1. The summed E-state index contributed by atoms with van der Waals surface area (Å²) in [5.41, 5.74) is 0. The number of hydrogen-bond donors (Lipinski definition) is 2. The van der Waals surface area contributed by atoms with E-state index in [0.29, 0.717) is 19.4 Å². The number of carboxylic acid groups (broad SMARTS) is 1. The normalized spacial score (nSPS) is 23.2. The van der Waals surface area contributed by atoms with Gasteiger partial charge in [0.2, 0.25) is 10.0 Å². The van der Waals surface area contributed by atoms with Crippen molar-refractivity contribution in [3.05, 3.63) is 0 Å². The molecule has 94 valence electrons. The van der Waals surface area contributed by atoms with E-state index in [0.717, 1.165) is 12.8 Å². The van der Waals surface area contributed by atoms with Gasteiger partial charge in [-0.3, -0.25) is 4.79 Å². The zero-order valence-electron chi connectivity index (χ0n) is 9.00. The third kappa shape index (κ3) is 3.43. The predicted octanol–water partition coefficient (Wildman–Crippen LogP) is -0.362. The van der Waals surface area contributed by atoms with Crippen molar-refractivity contribution in [2.45, 2.75) is 31.7 Å². The lowest BCUT2D eigenvalue weighted by Crippen LogP contribution is -2.46. The molecule has 0 spiro atoms. The summed E-state index contributed by atoms with van der Waals surface area (Å²) < 4.78 is 24.7. The molecule has 1 heterocycles. The van der Waals surface area contributed by atoms with Crippen LogP contribution in [0.1, 0.15) is 25.7 Å². The Morgan fingerprint density at radius 3 is 2.62 bits per heavy atom. The first kappa shape index (κ1) is 13.4. The molecular formula is C9H17NO5S. The summed E-state index contributed by atoms with van der Waals surface area (Å²) in [5.74, 6) is -2.21. The number of nitrogens with zero attached hydrogens (tertiary/aromatic N) is 1. The Labute approximate surface area is 94.9 Å². The Hall–Kier alpha value is -0.660. The van der Waals surface area contributed by atoms with Crippen LogP contribution in [0.25, 0.3) is 0 Å². The van der Waals surface area contributed by atoms with Crippen molar-refractivity contribution in [1.82, 2.24) is 4.31 Å². The van der Waals surface area contributed by atoms with Crippen LogP contribution in [0.5, 0.6) is 0 Å². The topological polar surface area (TPSA) is 94.9 Å². The molecule has 0 aliphatic carbocycles. The Morgan fingerprint density at radius 2 is 2.06 bits per heavy atom. The fraction of sp³-hybridized carbons (Fsp3) is 0.889. The molecule has 1 aliphatic rings. The van der Waals surface area contributed by atoms with Gasteiger partial charge in [0, 0.05) is 19.2 Å². The highest BCUT2D eigenvalue weighted by Gasteiger charge is 2.33. The molecule has 0 aromatic heterocycles. The quantitative estimate of drug-likeness (QED) is 0.695. The van der Waals surface area contributed by atoms with Gasteiger partial charge in [-0.25, -0.2) is 8.42 Å². The van der Waals surface area contributed by atoms with Gasteiger partial charge in [0.05, 0.1) is 0 Å². The number of sulfonamides is 1. The zero-order valence-corrected chi connectivity index (χ0v) is 9.82. The molecular weight excluding hydrogens is 234 g/mol. The third-order valence-corrected chi connectivity index (χ3v) is 4.51. The van der Waals surface area contributed by atoms with Gasteiger partial charge in [-0.15, -0.1) is 0 Å². The maximum Gasteiger partial charge on any atom is 0.320 e. The fourth-order valence-corrected chi connectivity index (χ4v) is 3.57. The average molecular weight is 251 g/mol. The molecule has 0 radical (unpaired) electrons. The fourth-order valence-electron chi connectivity index (χ4n) is 2.02. The lowest BCUT2D eigenvalue weighted by Gasteiger charge is -2.33. The summed E-state index contributed by atoms with van der Waals surface area (Å²) in [4.78, 5) is 10.5. The summed E-state index contributed by atoms with van der Waals surface area (Å²) >= 11 is 0. The van der Waals surface area contributed by atoms with Crippen molar-refractivity contribution in [1.29, 1.82) is 0 Å². The number of piperidine rings is 1. The van der Waals surface area contributed by atoms with Crippen molar-refractivity contribution in [3.8, 4) is 0 Å². The monoisotopic (exact) mass is 251 g/mol. The zero-order chi connectivity index (χ0) is 12.2. The molecule has 1 aliphatic heterocycles. The molecule has 0 amide bonds. The van der Waals surface area contributed by atoms with E-state index in [1.54, 1.807) is 0 Å². The molecule has 7 heteroatoms. The van der Waals surface area contributed by atoms with Gasteiger partial charge in [-0.05, 0) is 19.3 Å². The molecule has 1 saturated heterocycles. The summed E-state index contributed by atoms with van der Waals surface area (Å²) in [6, 6.07) is -0.247. The molecule has 1 fully saturated rings. The molecule has 0 bridgehead atoms. The van der Waals surface area contributed by atoms with E-state index < -0.39 is 21.7 Å². The van der Waals surface area contributed by atoms with Crippen LogP contribution in [-0.2, 0) is 14.8 Å². The van der Waals surface area contributed by atoms with Crippen LogP contribution in [0, 0.1) is 0 Å². The van der Waals surface area contributed by atoms with Gasteiger partial charge in [0.1, 0.15) is 0 Å². The van der Waals surface area contributed by atoms with Gasteiger partial charge < -0.3 is 10.2 Å². The van der Waals surface area contributed by atoms with Crippen LogP contribution in [-0.4, -0.2) is 53.9 Å². The van der Waals surface area contributed by atoms with Crippen LogP contribution in [0.15, 0.2) is 0 Å². The Bertz CT molecular complexity index is 338. The number of aliphatic hydroxyl groups excluding tert-OH is 1. The third-order valence-electron chi connectivity index (χ3n) is 2.70. The number of carbonyl (C=O) groups is 1. The molecule has 16 heavy (non-hydrogen) atoms. The Morgan fingerprint density at radius 1 is 1.38 bits per heavy atom. The van der Waals surface area contributed by atoms with Crippen LogP contribution >= 0.6 is 0 Å². The van der Waals surface area contributed by atoms with Gasteiger partial charge >= 0.3 is 5.97 Å². The summed E-state index contributed by atoms with van der Waals surface area (Å²) in [7, 11) is -3.73. The average Bonchev–Trinajstić information content (AvgIpc) is 2.17. The van der Waals surface area contributed by atoms with E-state index in [-0.39, 0.29) is 12.6 Å². The largest absolute Gasteiger partial charge is 0.480 e. The minimum Gasteiger partial charge on any atom is -0.480 e. The van der Waals surface area contributed by atoms with E-state index in [2.05, 4.69) is 0 Å². The van der Waals surface area contributed by atoms with Crippen LogP contribution < -0.4 is 0 Å². The van der Waals surface area contributed by atoms with Gasteiger partial charge in [-0.1, -0.05) is 6.42 Å². The highest BCUT2D eigenvalue weighted by Crippen LogP contribution is 2.22. The maximum absolute atomic E-state index is 11.7. The minimum absolute atomic E-state index is 0.0796. The molecule has 1 atom stereocenters. The van der Waals surface area contributed by atoms with Crippen molar-refractivity contribution in [2.75, 3.05) is 18.9 Å². The number of carboxylic acids is 1. The molecule has 0 saturated carbocycles. The van der Waals surface area contributed by atoms with Crippen LogP contribution in [0.4, 0.5) is 0 Å². The lowest BCUT2D eigenvalue weighted by atomic mass is 10.0. The van der Waals surface area contributed by atoms with E-state index in [4.69, 9.17) is 10.2 Å². The Balaban J connectivity index is 2.77. The molecule has 0 aromatic rings. The summed E-state index contributed by atoms with van der Waals surface area (Å²) in [6.07, 6.45) is 2.74. The lowest BCUT2D eigenvalue weighted by molar-refractivity contribution is -0.134. The second-order valence-electron chi connectivity index (χ2n) is 3.92. The Kier molecular flexibility index (Phi) is 4.69. The van der Waals surface area contributed by atoms with Gasteiger partial charge in [0.15, 0.2) is 5.75 Å². The van der Waals surface area contributed by atoms with E-state index >= 15 is 0 Å². The van der Waals surface area contributed by atoms with Gasteiger partial charge in [-0.2, -0.15) is 4.31 Å². The number of hydrogen-bond acceptors (Lipinski definition) is 4. The first-order valence-corrected chi connectivity index (χ1v) is 6.90. The van der Waals surface area contributed by atoms with Crippen molar-refractivity contribution in [3.63, 3.8) is 0 Å². The number of aliphatic carboxylic acids is 1. The first-order valence-electron chi connectivity index (χ1n) is 5.29. The van der Waals surface area contributed by atoms with Crippen LogP contribution in [0.2, 0.25) is 0 Å². The molecule has 1 unspecified atom stereocenters. The minimum atomic E-state index is -3.73. The van der Waals surface area contributed by atoms with E-state index in [1.807, 2.05) is 0 Å². The van der Waals surface area contributed by atoms with E-state index in [1.165, 1.54) is 4.31 Å². The van der Waals surface area contributed by atoms with E-state index in [9.17, 15) is 13.2 Å². The highest BCUT2D eigenvalue weighted by molar-refractivity contribution is 7.89. The SMILES string of the molecule is O=C(O)CS(=O)(=O)N1CCCCC1CCO. The molecule has 0 aromatic carbocycles. The van der Waals surface area contributed by atoms with Crippen molar-refractivity contribution >= 4 is 16.0 Å². The smallest absolute Gasteiger partial charge is 0.320 e. The molecule has 1 rings (SSSR count). The second kappa shape index (κ2) is 5.60. The standard InChI is InChI=1S/C9H17NO5S/c11-6-4-8-3-1-2-5-10(8)16(14,15)7-9(12)13/h8,11H,1-7H2,(H,12,13). The summed E-state index contributed by atoms with van der Waals surface area (Å²) in [6.45, 7) is 0.282. The summed E-state index contributed by atoms with van der Waals surface area (Å²) in [5, 5.41) is 17.4. The van der Waals surface area contributed by atoms with Crippen LogP contribution in [0.3, 0.4) is 0 Å². The molecule has 6 nitrogen and oxygen atoms in total. The maximum atomic E-state index is 11.7. The second-order valence-corrected chi connectivity index (χ2v) is 5.84. The number of rotatable bonds is 5. The predicted molar refractivity (Wildman–Crippen MR) is 57.5 cm³/mol.